The van der Waals surface area contributed by atoms with Gasteiger partial charge in [-0.05, 0) is 44.4 Å². The predicted octanol–water partition coefficient (Wildman–Crippen LogP) is 2.16. The fourth-order valence-corrected chi connectivity index (χ4v) is 3.33. The van der Waals surface area contributed by atoms with Gasteiger partial charge in [-0.15, -0.1) is 0 Å². The fraction of sp³-hybridized carbons (Fsp3) is 0.471. The molecule has 0 spiro atoms. The van der Waals surface area contributed by atoms with Crippen LogP contribution in [0.15, 0.2) is 24.3 Å². The second-order valence-electron chi connectivity index (χ2n) is 6.30. The van der Waals surface area contributed by atoms with Crippen molar-refractivity contribution in [2.45, 2.75) is 38.3 Å². The van der Waals surface area contributed by atoms with Crippen molar-refractivity contribution in [2.75, 3.05) is 11.4 Å². The average molecular weight is 351 g/mol. The van der Waals surface area contributed by atoms with E-state index in [1.54, 1.807) is 29.2 Å². The summed E-state index contributed by atoms with van der Waals surface area (Å²) in [5.41, 5.74) is 0.659. The highest BCUT2D eigenvalue weighted by Crippen LogP contribution is 2.34. The molecule has 6 nitrogen and oxygen atoms in total. The zero-order valence-corrected chi connectivity index (χ0v) is 14.1. The number of carboxylic acids is 1. The van der Waals surface area contributed by atoms with Crippen molar-refractivity contribution in [3.8, 4) is 0 Å². The van der Waals surface area contributed by atoms with Gasteiger partial charge in [-0.2, -0.15) is 0 Å². The third kappa shape index (κ3) is 3.11. The highest BCUT2D eigenvalue weighted by atomic mass is 35.5. The second kappa shape index (κ2) is 6.43. The minimum Gasteiger partial charge on any atom is -0.480 e. The lowest BCUT2D eigenvalue weighted by atomic mass is 10.1. The number of carbonyl (C=O) groups excluding carboxylic acids is 2. The third-order valence-corrected chi connectivity index (χ3v) is 4.83. The number of rotatable bonds is 5. The Bertz CT molecular complexity index is 689. The summed E-state index contributed by atoms with van der Waals surface area (Å²) in [5.74, 6) is -2.52. The molecule has 7 heteroatoms. The van der Waals surface area contributed by atoms with Crippen LogP contribution in [0.3, 0.4) is 0 Å². The van der Waals surface area contributed by atoms with E-state index in [1.807, 2.05) is 0 Å². The number of carbonyl (C=O) groups is 3. The molecule has 0 bridgehead atoms. The lowest BCUT2D eigenvalue weighted by Crippen LogP contribution is -2.48. The zero-order valence-electron chi connectivity index (χ0n) is 13.3. The molecule has 1 saturated carbocycles. The molecule has 1 aliphatic carbocycles. The van der Waals surface area contributed by atoms with Crippen LogP contribution < -0.4 is 4.90 Å². The fourth-order valence-electron chi connectivity index (χ4n) is 3.15. The van der Waals surface area contributed by atoms with E-state index >= 15 is 0 Å². The highest BCUT2D eigenvalue weighted by molar-refractivity contribution is 6.31. The highest BCUT2D eigenvalue weighted by Gasteiger charge is 2.46. The first-order valence-corrected chi connectivity index (χ1v) is 8.40. The van der Waals surface area contributed by atoms with E-state index in [4.69, 9.17) is 11.6 Å². The van der Waals surface area contributed by atoms with Crippen molar-refractivity contribution in [2.24, 2.45) is 5.92 Å². The number of hydrogen-bond donors (Lipinski definition) is 1. The number of hydrogen-bond acceptors (Lipinski definition) is 3. The van der Waals surface area contributed by atoms with E-state index in [9.17, 15) is 19.5 Å². The molecule has 2 aliphatic rings. The summed E-state index contributed by atoms with van der Waals surface area (Å²) in [6.07, 6.45) is 1.98. The van der Waals surface area contributed by atoms with Gasteiger partial charge in [0, 0.05) is 23.3 Å². The van der Waals surface area contributed by atoms with Crippen LogP contribution in [0.25, 0.3) is 0 Å². The first kappa shape index (κ1) is 16.8. The Hall–Kier alpha value is -2.08. The van der Waals surface area contributed by atoms with Crippen LogP contribution in [0.2, 0.25) is 5.02 Å². The Morgan fingerprint density at radius 2 is 2.04 bits per heavy atom. The van der Waals surface area contributed by atoms with Crippen molar-refractivity contribution in [3.63, 3.8) is 0 Å². The van der Waals surface area contributed by atoms with Crippen LogP contribution in [0.1, 0.15) is 26.2 Å². The number of amides is 2. The molecular weight excluding hydrogens is 332 g/mol. The van der Waals surface area contributed by atoms with Crippen LogP contribution in [-0.2, 0) is 14.4 Å². The molecule has 3 rings (SSSR count). The Balaban J connectivity index is 1.79. The predicted molar refractivity (Wildman–Crippen MR) is 88.9 cm³/mol. The Labute approximate surface area is 145 Å². The summed E-state index contributed by atoms with van der Waals surface area (Å²) in [6.45, 7) is 1.92. The summed E-state index contributed by atoms with van der Waals surface area (Å²) < 4.78 is 0. The van der Waals surface area contributed by atoms with Crippen LogP contribution >= 0.6 is 11.6 Å². The van der Waals surface area contributed by atoms with Crippen LogP contribution in [0.4, 0.5) is 5.69 Å². The molecule has 1 aliphatic heterocycles. The van der Waals surface area contributed by atoms with Gasteiger partial charge in [0.05, 0.1) is 0 Å². The Morgan fingerprint density at radius 3 is 2.62 bits per heavy atom. The molecule has 1 aromatic rings. The van der Waals surface area contributed by atoms with Gasteiger partial charge in [0.25, 0.3) is 0 Å². The largest absolute Gasteiger partial charge is 0.480 e. The van der Waals surface area contributed by atoms with Crippen LogP contribution in [-0.4, -0.2) is 46.4 Å². The van der Waals surface area contributed by atoms with E-state index < -0.39 is 17.9 Å². The molecule has 24 heavy (non-hydrogen) atoms. The van der Waals surface area contributed by atoms with Gasteiger partial charge >= 0.3 is 5.97 Å². The molecule has 1 saturated heterocycles. The van der Waals surface area contributed by atoms with E-state index in [1.165, 1.54) is 11.8 Å². The van der Waals surface area contributed by atoms with Gasteiger partial charge < -0.3 is 14.9 Å². The van der Waals surface area contributed by atoms with E-state index in [2.05, 4.69) is 0 Å². The minimum absolute atomic E-state index is 0.0587. The molecule has 0 radical (unpaired) electrons. The zero-order chi connectivity index (χ0) is 17.4. The number of nitrogens with zero attached hydrogens (tertiary/aromatic N) is 2. The summed E-state index contributed by atoms with van der Waals surface area (Å²) in [7, 11) is 0. The number of aliphatic carboxylic acids is 1. The Kier molecular flexibility index (Phi) is 4.49. The maximum Gasteiger partial charge on any atom is 0.326 e. The van der Waals surface area contributed by atoms with Crippen molar-refractivity contribution in [1.82, 2.24) is 4.90 Å². The molecule has 1 N–H and O–H groups in total. The van der Waals surface area contributed by atoms with E-state index in [0.717, 1.165) is 12.8 Å². The molecule has 2 amide bonds. The number of carboxylic acid groups (broad SMARTS) is 1. The smallest absolute Gasteiger partial charge is 0.326 e. The van der Waals surface area contributed by atoms with Crippen molar-refractivity contribution in [3.05, 3.63) is 29.3 Å². The lowest BCUT2D eigenvalue weighted by molar-refractivity contribution is -0.153. The minimum atomic E-state index is -1.05. The molecule has 1 aromatic carbocycles. The van der Waals surface area contributed by atoms with E-state index in [0.29, 0.717) is 23.7 Å². The van der Waals surface area contributed by atoms with Gasteiger partial charge in [-0.1, -0.05) is 17.7 Å². The van der Waals surface area contributed by atoms with Crippen LogP contribution in [0.5, 0.6) is 0 Å². The van der Waals surface area contributed by atoms with Crippen molar-refractivity contribution in [1.29, 1.82) is 0 Å². The molecule has 2 fully saturated rings. The maximum atomic E-state index is 12.8. The normalized spacial score (nSPS) is 21.7. The number of halogens is 1. The lowest BCUT2D eigenvalue weighted by Gasteiger charge is -2.28. The van der Waals surface area contributed by atoms with Crippen LogP contribution in [0, 0.1) is 5.92 Å². The van der Waals surface area contributed by atoms with Gasteiger partial charge in [-0.3, -0.25) is 9.59 Å². The van der Waals surface area contributed by atoms with Crippen molar-refractivity contribution >= 4 is 35.1 Å². The summed E-state index contributed by atoms with van der Waals surface area (Å²) in [4.78, 5) is 39.7. The molecule has 0 aromatic heterocycles. The maximum absolute atomic E-state index is 12.8. The van der Waals surface area contributed by atoms with Crippen molar-refractivity contribution < 1.29 is 19.5 Å². The third-order valence-electron chi connectivity index (χ3n) is 4.59. The van der Waals surface area contributed by atoms with Gasteiger partial charge in [0.2, 0.25) is 11.8 Å². The summed E-state index contributed by atoms with van der Waals surface area (Å²) in [6, 6.07) is 5.95. The first-order valence-electron chi connectivity index (χ1n) is 8.02. The van der Waals surface area contributed by atoms with Gasteiger partial charge in [-0.25, -0.2) is 4.79 Å². The molecular formula is C17H19ClN2O4. The topological polar surface area (TPSA) is 77.9 Å². The number of benzene rings is 1. The van der Waals surface area contributed by atoms with Gasteiger partial charge in [0.1, 0.15) is 12.0 Å². The van der Waals surface area contributed by atoms with Gasteiger partial charge in [0.15, 0.2) is 0 Å². The summed E-state index contributed by atoms with van der Waals surface area (Å²) in [5, 5.41) is 9.77. The number of anilines is 1. The second-order valence-corrected chi connectivity index (χ2v) is 6.74. The standard InChI is InChI=1S/C17H19ClN2O4/c1-10(17(23)24)20(12-5-6-12)16(22)14-7-8-19(15(14)21)13-4-2-3-11(18)9-13/h2-4,9-10,12,14H,5-8H2,1H3,(H,23,24). The van der Waals surface area contributed by atoms with E-state index in [-0.39, 0.29) is 17.9 Å². The quantitative estimate of drug-likeness (QED) is 0.825. The molecule has 1 heterocycles. The average Bonchev–Trinajstić information content (AvgIpc) is 3.28. The Morgan fingerprint density at radius 1 is 1.33 bits per heavy atom. The SMILES string of the molecule is CC(C(=O)O)N(C(=O)C1CCN(c2cccc(Cl)c2)C1=O)C1CC1. The molecule has 2 unspecified atom stereocenters. The molecule has 128 valence electrons. The first-order chi connectivity index (χ1) is 11.4. The molecule has 2 atom stereocenters. The summed E-state index contributed by atoms with van der Waals surface area (Å²) >= 11 is 5.97. The monoisotopic (exact) mass is 350 g/mol.